The minimum Gasteiger partial charge on any atom is -0.343 e. The third-order valence-corrected chi connectivity index (χ3v) is 3.46. The van der Waals surface area contributed by atoms with Crippen LogP contribution in [0.25, 0.3) is 0 Å². The molecule has 21 heavy (non-hydrogen) atoms. The summed E-state index contributed by atoms with van der Waals surface area (Å²) >= 11 is 3.42. The van der Waals surface area contributed by atoms with Crippen molar-refractivity contribution in [2.45, 2.75) is 39.2 Å². The molecule has 5 heteroatoms. The smallest absolute Gasteiger partial charge is 0.218 e. The van der Waals surface area contributed by atoms with Crippen LogP contribution in [0.15, 0.2) is 28.7 Å². The van der Waals surface area contributed by atoms with E-state index in [-0.39, 0.29) is 5.60 Å². The summed E-state index contributed by atoms with van der Waals surface area (Å²) in [6, 6.07) is 8.14. The van der Waals surface area contributed by atoms with E-state index in [1.165, 1.54) is 5.56 Å². The molecule has 0 heterocycles. The number of hydrogen-bond acceptors (Lipinski definition) is 3. The maximum Gasteiger partial charge on any atom is 0.218 e. The molecule has 0 aromatic heterocycles. The molecule has 0 saturated carbocycles. The van der Waals surface area contributed by atoms with Gasteiger partial charge < -0.3 is 9.47 Å². The summed E-state index contributed by atoms with van der Waals surface area (Å²) in [6.45, 7) is 6.43. The molecule has 0 saturated heterocycles. The van der Waals surface area contributed by atoms with Crippen molar-refractivity contribution in [3.63, 3.8) is 0 Å². The second-order valence-corrected chi connectivity index (χ2v) is 6.79. The number of methoxy groups -OCH3 is 1. The first-order valence-corrected chi connectivity index (χ1v) is 7.90. The summed E-state index contributed by atoms with van der Waals surface area (Å²) in [5.41, 5.74) is 0.861. The van der Waals surface area contributed by atoms with Gasteiger partial charge in [-0.1, -0.05) is 28.1 Å². The van der Waals surface area contributed by atoms with Gasteiger partial charge in [-0.3, -0.25) is 4.90 Å². The molecule has 120 valence electrons. The van der Waals surface area contributed by atoms with E-state index in [1.54, 1.807) is 7.11 Å². The summed E-state index contributed by atoms with van der Waals surface area (Å²) in [5.74, 6) is 0. The Morgan fingerprint density at radius 1 is 1.19 bits per heavy atom. The fourth-order valence-electron chi connectivity index (χ4n) is 1.93. The Morgan fingerprint density at radius 2 is 1.81 bits per heavy atom. The fourth-order valence-corrected chi connectivity index (χ4v) is 2.19. The van der Waals surface area contributed by atoms with E-state index in [1.807, 2.05) is 37.8 Å². The first kappa shape index (κ1) is 18.6. The van der Waals surface area contributed by atoms with Gasteiger partial charge in [0, 0.05) is 24.7 Å². The van der Waals surface area contributed by atoms with Crippen LogP contribution in [0.3, 0.4) is 0 Å². The van der Waals surface area contributed by atoms with Crippen LogP contribution in [-0.4, -0.2) is 43.8 Å². The summed E-state index contributed by atoms with van der Waals surface area (Å²) in [4.78, 5) is 1.88. The van der Waals surface area contributed by atoms with Gasteiger partial charge in [0.05, 0.1) is 5.60 Å². The zero-order valence-corrected chi connectivity index (χ0v) is 14.8. The molecule has 0 aliphatic rings. The van der Waals surface area contributed by atoms with Crippen LogP contribution in [0.4, 0.5) is 4.39 Å². The molecule has 0 spiro atoms. The van der Waals surface area contributed by atoms with Crippen LogP contribution in [0, 0.1) is 0 Å². The number of benzene rings is 1. The lowest BCUT2D eigenvalue weighted by atomic mass is 10.1. The van der Waals surface area contributed by atoms with Gasteiger partial charge in [-0.05, 0) is 44.9 Å². The zero-order chi connectivity index (χ0) is 15.9. The van der Waals surface area contributed by atoms with Crippen molar-refractivity contribution in [2.24, 2.45) is 0 Å². The SMILES string of the molecule is COC(OC(C)(C)C)N(CCF)CCc1ccc(Br)cc1. The highest BCUT2D eigenvalue weighted by molar-refractivity contribution is 9.10. The van der Waals surface area contributed by atoms with Gasteiger partial charge in [0.1, 0.15) is 6.67 Å². The summed E-state index contributed by atoms with van der Waals surface area (Å²) in [5, 5.41) is 0. The number of alkyl halides is 1. The molecule has 0 N–H and O–H groups in total. The average molecular weight is 362 g/mol. The predicted molar refractivity (Wildman–Crippen MR) is 87.0 cm³/mol. The van der Waals surface area contributed by atoms with E-state index in [0.717, 1.165) is 10.9 Å². The van der Waals surface area contributed by atoms with Crippen LogP contribution in [-0.2, 0) is 15.9 Å². The Labute approximate surface area is 135 Å². The second-order valence-electron chi connectivity index (χ2n) is 5.87. The summed E-state index contributed by atoms with van der Waals surface area (Å²) in [7, 11) is 1.58. The third kappa shape index (κ3) is 7.36. The molecule has 3 nitrogen and oxygen atoms in total. The van der Waals surface area contributed by atoms with E-state index in [2.05, 4.69) is 28.1 Å². The van der Waals surface area contributed by atoms with E-state index in [4.69, 9.17) is 9.47 Å². The normalized spacial score (nSPS) is 13.7. The maximum absolute atomic E-state index is 12.8. The highest BCUT2D eigenvalue weighted by Gasteiger charge is 2.24. The molecular formula is C16H25BrFNO2. The Balaban J connectivity index is 2.64. The van der Waals surface area contributed by atoms with E-state index < -0.39 is 13.1 Å². The fraction of sp³-hybridized carbons (Fsp3) is 0.625. The molecule has 1 unspecified atom stereocenters. The Hall–Kier alpha value is -0.490. The van der Waals surface area contributed by atoms with Crippen LogP contribution in [0.2, 0.25) is 0 Å². The molecule has 1 aromatic carbocycles. The molecule has 0 aliphatic heterocycles. The highest BCUT2D eigenvalue weighted by atomic mass is 79.9. The van der Waals surface area contributed by atoms with Crippen molar-refractivity contribution >= 4 is 15.9 Å². The first-order valence-electron chi connectivity index (χ1n) is 7.11. The van der Waals surface area contributed by atoms with Gasteiger partial charge in [0.2, 0.25) is 6.41 Å². The highest BCUT2D eigenvalue weighted by Crippen LogP contribution is 2.16. The van der Waals surface area contributed by atoms with Crippen LogP contribution in [0.5, 0.6) is 0 Å². The minimum atomic E-state index is -0.531. The van der Waals surface area contributed by atoms with Crippen molar-refractivity contribution in [3.05, 3.63) is 34.3 Å². The molecule has 1 rings (SSSR count). The molecule has 0 fully saturated rings. The summed E-state index contributed by atoms with van der Waals surface area (Å²) in [6.07, 6.45) is 0.289. The molecule has 1 aromatic rings. The van der Waals surface area contributed by atoms with Crippen LogP contribution < -0.4 is 0 Å². The van der Waals surface area contributed by atoms with Crippen molar-refractivity contribution in [2.75, 3.05) is 26.9 Å². The lowest BCUT2D eigenvalue weighted by molar-refractivity contribution is -0.252. The van der Waals surface area contributed by atoms with Gasteiger partial charge in [-0.15, -0.1) is 0 Å². The van der Waals surface area contributed by atoms with Crippen LogP contribution >= 0.6 is 15.9 Å². The average Bonchev–Trinajstić information content (AvgIpc) is 2.42. The molecule has 1 atom stereocenters. The number of halogens is 2. The van der Waals surface area contributed by atoms with Gasteiger partial charge >= 0.3 is 0 Å². The van der Waals surface area contributed by atoms with Crippen molar-refractivity contribution in [3.8, 4) is 0 Å². The topological polar surface area (TPSA) is 21.7 Å². The largest absolute Gasteiger partial charge is 0.343 e. The second kappa shape index (κ2) is 8.83. The number of nitrogens with zero attached hydrogens (tertiary/aromatic N) is 1. The van der Waals surface area contributed by atoms with Crippen molar-refractivity contribution < 1.29 is 13.9 Å². The Morgan fingerprint density at radius 3 is 2.29 bits per heavy atom. The van der Waals surface area contributed by atoms with Gasteiger partial charge in [0.15, 0.2) is 0 Å². The zero-order valence-electron chi connectivity index (χ0n) is 13.2. The predicted octanol–water partition coefficient (Wildman–Crippen LogP) is 4.01. The quantitative estimate of drug-likeness (QED) is 0.653. The third-order valence-electron chi connectivity index (χ3n) is 2.93. The van der Waals surface area contributed by atoms with Crippen LogP contribution in [0.1, 0.15) is 26.3 Å². The number of hydrogen-bond donors (Lipinski definition) is 0. The molecule has 0 radical (unpaired) electrons. The number of rotatable bonds is 8. The molecule has 0 bridgehead atoms. The Bertz CT molecular complexity index is 406. The van der Waals surface area contributed by atoms with E-state index >= 15 is 0 Å². The minimum absolute atomic E-state index is 0.297. The first-order chi connectivity index (χ1) is 9.85. The molecular weight excluding hydrogens is 337 g/mol. The lowest BCUT2D eigenvalue weighted by Gasteiger charge is -2.34. The maximum atomic E-state index is 12.8. The van der Waals surface area contributed by atoms with Gasteiger partial charge in [-0.2, -0.15) is 0 Å². The van der Waals surface area contributed by atoms with Gasteiger partial charge in [0.25, 0.3) is 0 Å². The summed E-state index contributed by atoms with van der Waals surface area (Å²) < 4.78 is 25.1. The lowest BCUT2D eigenvalue weighted by Crippen LogP contribution is -2.45. The van der Waals surface area contributed by atoms with Crippen molar-refractivity contribution in [1.82, 2.24) is 4.90 Å². The monoisotopic (exact) mass is 361 g/mol. The standard InChI is InChI=1S/C16H25BrFNO2/c1-16(2,3)21-15(20-4)19(12-10-18)11-9-13-5-7-14(17)8-6-13/h5-8,15H,9-12H2,1-4H3. The van der Waals surface area contributed by atoms with Crippen molar-refractivity contribution in [1.29, 1.82) is 0 Å². The molecule has 0 aliphatic carbocycles. The van der Waals surface area contributed by atoms with E-state index in [0.29, 0.717) is 13.1 Å². The Kier molecular flexibility index (Phi) is 7.81. The van der Waals surface area contributed by atoms with E-state index in [9.17, 15) is 4.39 Å². The van der Waals surface area contributed by atoms with Gasteiger partial charge in [-0.25, -0.2) is 4.39 Å². The molecule has 0 amide bonds. The number of ether oxygens (including phenoxy) is 2.